The summed E-state index contributed by atoms with van der Waals surface area (Å²) in [6.45, 7) is 14.8. The molecular formula is C32H54F5N3O4. The van der Waals surface area contributed by atoms with Gasteiger partial charge in [-0.2, -0.15) is 13.2 Å². The molecule has 0 atom stereocenters. The second-order valence-electron chi connectivity index (χ2n) is 11.9. The van der Waals surface area contributed by atoms with Gasteiger partial charge in [0.1, 0.15) is 0 Å². The Balaban J connectivity index is 0. The predicted molar refractivity (Wildman–Crippen MR) is 166 cm³/mol. The number of carbonyl (C=O) groups is 2. The van der Waals surface area contributed by atoms with Crippen LogP contribution >= 0.6 is 0 Å². The molecule has 2 aliphatic carbocycles. The van der Waals surface area contributed by atoms with Crippen LogP contribution in [0.5, 0.6) is 0 Å². The van der Waals surface area contributed by atoms with Crippen molar-refractivity contribution in [2.24, 2.45) is 28.2 Å². The van der Waals surface area contributed by atoms with Crippen LogP contribution in [0.1, 0.15) is 86.1 Å². The molecular weight excluding hydrogens is 585 g/mol. The lowest BCUT2D eigenvalue weighted by Crippen LogP contribution is -2.66. The van der Waals surface area contributed by atoms with Gasteiger partial charge in [0.2, 0.25) is 11.8 Å². The first kappa shape index (κ1) is 43.6. The van der Waals surface area contributed by atoms with E-state index in [1.165, 1.54) is 24.8 Å². The number of alkyl halides is 5. The van der Waals surface area contributed by atoms with Gasteiger partial charge in [0.15, 0.2) is 0 Å². The number of nitrogens with two attached hydrogens (primary N) is 2. The fraction of sp³-hybridized carbons (Fsp3) is 0.688. The smallest absolute Gasteiger partial charge is 0.475 e. The molecule has 44 heavy (non-hydrogen) atoms. The summed E-state index contributed by atoms with van der Waals surface area (Å²) in [4.78, 5) is 22.4. The zero-order chi connectivity index (χ0) is 34.9. The number of aliphatic carboxylic acids is 1. The molecule has 1 heterocycles. The van der Waals surface area contributed by atoms with Crippen LogP contribution < -0.4 is 11.5 Å². The molecule has 6 N–H and O–H groups in total. The average Bonchev–Trinajstić information content (AvgIpc) is 3.73. The third-order valence-electron chi connectivity index (χ3n) is 6.70. The lowest BCUT2D eigenvalue weighted by atomic mass is 9.60. The number of carbonyl (C=O) groups excluding carboxylic acids is 1. The highest BCUT2D eigenvalue weighted by atomic mass is 19.4. The summed E-state index contributed by atoms with van der Waals surface area (Å²) in [5.74, 6) is -4.56. The lowest BCUT2D eigenvalue weighted by molar-refractivity contribution is -0.192. The number of carboxylic acid groups (broad SMARTS) is 1. The average molecular weight is 640 g/mol. The molecule has 0 aromatic heterocycles. The number of likely N-dealkylation sites (tertiary alicyclic amines) is 1. The normalized spacial score (nSPS) is 17.5. The maximum Gasteiger partial charge on any atom is 0.490 e. The van der Waals surface area contributed by atoms with Crippen molar-refractivity contribution in [1.82, 2.24) is 4.90 Å². The number of hydrogen-bond donors (Lipinski definition) is 4. The summed E-state index contributed by atoms with van der Waals surface area (Å²) in [5.41, 5.74) is 14.2. The molecule has 256 valence electrons. The Hall–Kier alpha value is -2.57. The van der Waals surface area contributed by atoms with E-state index in [-0.39, 0.29) is 5.91 Å². The van der Waals surface area contributed by atoms with E-state index >= 15 is 0 Å². The van der Waals surface area contributed by atoms with Gasteiger partial charge < -0.3 is 26.6 Å². The quantitative estimate of drug-likeness (QED) is 0.255. The number of amides is 1. The second kappa shape index (κ2) is 19.7. The fourth-order valence-corrected chi connectivity index (χ4v) is 4.69. The highest BCUT2D eigenvalue weighted by Gasteiger charge is 2.51. The standard InChI is InChI=1S/C13H16.C11H21N3O.C3H6F2.C2HF3O2.C2H6.CH4O/c1-2-12(13-8-9-13)10-11-6-4-3-5-7-11;1-10(2,9(13)15)5-14-6-11(7-14)3-8(12)4-11;1-3(2,4)5;3-2(4,5)1(6)7;2*1-2/h3-7,10,13H,2,8-9H2,1H3;8H,3-7,12H2,1-2H3,(H2,13,15);1-2H3;(H,6,7);1-2H3;2H,1H3/b12-10+;;;;;. The van der Waals surface area contributed by atoms with Crippen molar-refractivity contribution in [3.63, 3.8) is 0 Å². The van der Waals surface area contributed by atoms with E-state index in [1.807, 2.05) is 27.7 Å². The van der Waals surface area contributed by atoms with Gasteiger partial charge >= 0.3 is 12.1 Å². The lowest BCUT2D eigenvalue weighted by Gasteiger charge is -2.59. The number of rotatable bonds is 6. The minimum absolute atomic E-state index is 0.214. The van der Waals surface area contributed by atoms with Crippen LogP contribution in [0.15, 0.2) is 35.9 Å². The van der Waals surface area contributed by atoms with Crippen molar-refractivity contribution in [3.8, 4) is 0 Å². The number of aliphatic hydroxyl groups is 1. The van der Waals surface area contributed by atoms with Gasteiger partial charge in [0.25, 0.3) is 0 Å². The molecule has 12 heteroatoms. The largest absolute Gasteiger partial charge is 0.490 e. The predicted octanol–water partition coefficient (Wildman–Crippen LogP) is 6.74. The van der Waals surface area contributed by atoms with Gasteiger partial charge in [-0.25, -0.2) is 13.6 Å². The molecule has 1 saturated heterocycles. The molecule has 4 rings (SSSR count). The Bertz CT molecular complexity index is 972. The number of nitrogens with zero attached hydrogens (tertiary/aromatic N) is 1. The summed E-state index contributed by atoms with van der Waals surface area (Å²) < 4.78 is 53.8. The zero-order valence-corrected chi connectivity index (χ0v) is 27.5. The third-order valence-corrected chi connectivity index (χ3v) is 6.70. The molecule has 3 aliphatic rings. The fourth-order valence-electron chi connectivity index (χ4n) is 4.69. The van der Waals surface area contributed by atoms with Crippen LogP contribution in [0.2, 0.25) is 0 Å². The molecule has 1 aliphatic heterocycles. The van der Waals surface area contributed by atoms with Crippen LogP contribution in [-0.4, -0.2) is 71.9 Å². The maximum absolute atomic E-state index is 11.2. The van der Waals surface area contributed by atoms with Crippen LogP contribution in [0, 0.1) is 16.7 Å². The minimum Gasteiger partial charge on any atom is -0.475 e. The van der Waals surface area contributed by atoms with Gasteiger partial charge in [-0.05, 0) is 76.7 Å². The first-order valence-corrected chi connectivity index (χ1v) is 14.8. The Labute approximate surface area is 259 Å². The molecule has 1 aromatic rings. The first-order valence-electron chi connectivity index (χ1n) is 14.8. The van der Waals surface area contributed by atoms with Gasteiger partial charge in [0.05, 0.1) is 5.41 Å². The van der Waals surface area contributed by atoms with Gasteiger partial charge in [0, 0.05) is 32.8 Å². The number of hydrogen-bond acceptors (Lipinski definition) is 5. The van der Waals surface area contributed by atoms with Crippen molar-refractivity contribution in [3.05, 3.63) is 41.5 Å². The third kappa shape index (κ3) is 19.0. The molecule has 2 saturated carbocycles. The molecule has 3 fully saturated rings. The second-order valence-corrected chi connectivity index (χ2v) is 11.9. The molecule has 0 radical (unpaired) electrons. The topological polar surface area (TPSA) is 130 Å². The molecule has 1 aromatic carbocycles. The van der Waals surface area contributed by atoms with Gasteiger partial charge in [-0.3, -0.25) is 4.79 Å². The molecule has 7 nitrogen and oxygen atoms in total. The van der Waals surface area contributed by atoms with E-state index in [9.17, 15) is 26.7 Å². The maximum atomic E-state index is 11.2. The van der Waals surface area contributed by atoms with Crippen molar-refractivity contribution in [2.45, 2.75) is 98.7 Å². The number of allylic oxidation sites excluding steroid dienone is 1. The number of halogens is 5. The Kier molecular flexibility index (Phi) is 19.5. The Morgan fingerprint density at radius 1 is 0.977 bits per heavy atom. The van der Waals surface area contributed by atoms with Crippen LogP contribution in [0.3, 0.4) is 0 Å². The van der Waals surface area contributed by atoms with Crippen molar-refractivity contribution in [2.75, 3.05) is 26.7 Å². The van der Waals surface area contributed by atoms with Crippen LogP contribution in [0.25, 0.3) is 6.08 Å². The number of primary amides is 1. The van der Waals surface area contributed by atoms with Crippen molar-refractivity contribution in [1.29, 1.82) is 0 Å². The monoisotopic (exact) mass is 639 g/mol. The molecule has 0 unspecified atom stereocenters. The van der Waals surface area contributed by atoms with Crippen LogP contribution in [0.4, 0.5) is 22.0 Å². The summed E-state index contributed by atoms with van der Waals surface area (Å²) >= 11 is 0. The van der Waals surface area contributed by atoms with Crippen LogP contribution in [-0.2, 0) is 9.59 Å². The van der Waals surface area contributed by atoms with Gasteiger partial charge in [-0.1, -0.05) is 62.8 Å². The Morgan fingerprint density at radius 3 is 1.68 bits per heavy atom. The summed E-state index contributed by atoms with van der Waals surface area (Å²) in [7, 11) is 1.00. The number of benzene rings is 1. The van der Waals surface area contributed by atoms with E-state index in [1.54, 1.807) is 5.57 Å². The van der Waals surface area contributed by atoms with Gasteiger partial charge in [-0.15, -0.1) is 0 Å². The first-order chi connectivity index (χ1) is 20.2. The number of carboxylic acids is 1. The highest BCUT2D eigenvalue weighted by molar-refractivity contribution is 5.80. The van der Waals surface area contributed by atoms with E-state index in [0.717, 1.165) is 59.4 Å². The van der Waals surface area contributed by atoms with E-state index in [4.69, 9.17) is 26.5 Å². The Morgan fingerprint density at radius 2 is 1.39 bits per heavy atom. The number of aliphatic hydroxyl groups excluding tert-OH is 1. The molecule has 0 bridgehead atoms. The molecule has 1 amide bonds. The summed E-state index contributed by atoms with van der Waals surface area (Å²) in [6.07, 6.45) is 3.61. The highest BCUT2D eigenvalue weighted by Crippen LogP contribution is 2.48. The summed E-state index contributed by atoms with van der Waals surface area (Å²) in [6, 6.07) is 11.0. The van der Waals surface area contributed by atoms with Crippen molar-refractivity contribution >= 4 is 18.0 Å². The minimum atomic E-state index is -5.08. The SMILES string of the molecule is CC.CC(C)(CN1CC2(CC(N)C2)C1)C(N)=O.CC(C)(F)F.CC/C(=C\c1ccccc1)C1CC1.CO.O=C(O)C(F)(F)F. The molecule has 1 spiro atoms. The summed E-state index contributed by atoms with van der Waals surface area (Å²) in [5, 5.41) is 14.1. The van der Waals surface area contributed by atoms with Crippen molar-refractivity contribution < 1.29 is 41.8 Å². The van der Waals surface area contributed by atoms with E-state index in [0.29, 0.717) is 11.5 Å². The van der Waals surface area contributed by atoms with E-state index in [2.05, 4.69) is 48.2 Å². The zero-order valence-electron chi connectivity index (χ0n) is 27.5. The van der Waals surface area contributed by atoms with E-state index < -0.39 is 23.5 Å².